The summed E-state index contributed by atoms with van der Waals surface area (Å²) >= 11 is 1.51. The Morgan fingerprint density at radius 2 is 2.04 bits per heavy atom. The molecule has 0 aliphatic rings. The number of rotatable bonds is 6. The Hall–Kier alpha value is -3.32. The molecule has 1 amide bonds. The second kappa shape index (κ2) is 8.86. The Morgan fingerprint density at radius 1 is 1.22 bits per heavy atom. The summed E-state index contributed by atoms with van der Waals surface area (Å²) in [5, 5.41) is 5.59. The summed E-state index contributed by atoms with van der Waals surface area (Å²) in [5.74, 6) is -0.611. The van der Waals surface area contributed by atoms with E-state index in [2.05, 4.69) is 20.0 Å². The zero-order valence-corrected chi connectivity index (χ0v) is 15.4. The monoisotopic (exact) mass is 379 g/mol. The van der Waals surface area contributed by atoms with Crippen LogP contribution in [-0.2, 0) is 16.1 Å². The molecule has 0 spiro atoms. The molecule has 7 heteroatoms. The second-order valence-corrected chi connectivity index (χ2v) is 6.41. The molecule has 0 saturated heterocycles. The van der Waals surface area contributed by atoms with Crippen molar-refractivity contribution in [3.05, 3.63) is 77.1 Å². The molecular weight excluding hydrogens is 362 g/mol. The van der Waals surface area contributed by atoms with Gasteiger partial charge in [-0.15, -0.1) is 11.3 Å². The number of methoxy groups -OCH3 is 1. The van der Waals surface area contributed by atoms with Gasteiger partial charge in [-0.1, -0.05) is 12.1 Å². The SMILES string of the molecule is COC(=O)c1ccc(/C=C/C(=O)NCc2csc(-c3cccnc3)n2)cc1. The standard InChI is InChI=1S/C20H17N3O3S/c1-26-20(25)15-7-4-14(5-8-15)6-9-18(24)22-12-17-13-27-19(23-17)16-3-2-10-21-11-16/h2-11,13H,12H2,1H3,(H,22,24)/b9-6+. The first-order valence-corrected chi connectivity index (χ1v) is 9.03. The highest BCUT2D eigenvalue weighted by Crippen LogP contribution is 2.22. The van der Waals surface area contributed by atoms with E-state index in [1.54, 1.807) is 42.7 Å². The van der Waals surface area contributed by atoms with Gasteiger partial charge in [0.15, 0.2) is 0 Å². The molecule has 0 aliphatic carbocycles. The van der Waals surface area contributed by atoms with Crippen molar-refractivity contribution in [2.24, 2.45) is 0 Å². The van der Waals surface area contributed by atoms with Crippen LogP contribution in [0.4, 0.5) is 0 Å². The number of esters is 1. The minimum absolute atomic E-state index is 0.219. The lowest BCUT2D eigenvalue weighted by Gasteiger charge is -2.00. The van der Waals surface area contributed by atoms with Crippen molar-refractivity contribution in [2.45, 2.75) is 6.54 Å². The lowest BCUT2D eigenvalue weighted by atomic mass is 10.1. The fourth-order valence-electron chi connectivity index (χ4n) is 2.27. The zero-order chi connectivity index (χ0) is 19.1. The van der Waals surface area contributed by atoms with Crippen molar-refractivity contribution in [3.8, 4) is 10.6 Å². The Morgan fingerprint density at radius 3 is 2.74 bits per heavy atom. The number of amides is 1. The minimum atomic E-state index is -0.391. The third-order valence-electron chi connectivity index (χ3n) is 3.66. The van der Waals surface area contributed by atoms with Crippen molar-refractivity contribution in [1.29, 1.82) is 0 Å². The molecule has 0 aliphatic heterocycles. The van der Waals surface area contributed by atoms with E-state index >= 15 is 0 Å². The number of benzene rings is 1. The fraction of sp³-hybridized carbons (Fsp3) is 0.100. The summed E-state index contributed by atoms with van der Waals surface area (Å²) in [4.78, 5) is 32.0. The third kappa shape index (κ3) is 5.08. The molecule has 1 N–H and O–H groups in total. The van der Waals surface area contributed by atoms with E-state index in [4.69, 9.17) is 0 Å². The number of carbonyl (C=O) groups is 2. The summed E-state index contributed by atoms with van der Waals surface area (Å²) in [7, 11) is 1.34. The van der Waals surface area contributed by atoms with Crippen LogP contribution in [0, 0.1) is 0 Å². The van der Waals surface area contributed by atoms with Gasteiger partial charge in [-0.05, 0) is 35.9 Å². The quantitative estimate of drug-likeness (QED) is 0.525. The van der Waals surface area contributed by atoms with E-state index in [1.165, 1.54) is 24.5 Å². The molecule has 6 nitrogen and oxygen atoms in total. The van der Waals surface area contributed by atoms with E-state index in [1.807, 2.05) is 17.5 Å². The van der Waals surface area contributed by atoms with Crippen LogP contribution in [0.1, 0.15) is 21.6 Å². The van der Waals surface area contributed by atoms with Crippen molar-refractivity contribution in [2.75, 3.05) is 7.11 Å². The summed E-state index contributed by atoms with van der Waals surface area (Å²) < 4.78 is 4.65. The molecule has 1 aromatic carbocycles. The number of pyridine rings is 1. The lowest BCUT2D eigenvalue weighted by Crippen LogP contribution is -2.20. The van der Waals surface area contributed by atoms with Crippen molar-refractivity contribution in [1.82, 2.24) is 15.3 Å². The molecular formula is C20H17N3O3S. The van der Waals surface area contributed by atoms with E-state index in [9.17, 15) is 9.59 Å². The van der Waals surface area contributed by atoms with Gasteiger partial charge in [0.25, 0.3) is 0 Å². The predicted molar refractivity (Wildman–Crippen MR) is 104 cm³/mol. The number of hydrogen-bond donors (Lipinski definition) is 1. The summed E-state index contributed by atoms with van der Waals surface area (Å²) in [6.07, 6.45) is 6.60. The van der Waals surface area contributed by atoms with Gasteiger partial charge in [-0.2, -0.15) is 0 Å². The molecule has 27 heavy (non-hydrogen) atoms. The Balaban J connectivity index is 1.53. The molecule has 2 heterocycles. The fourth-order valence-corrected chi connectivity index (χ4v) is 3.08. The maximum atomic E-state index is 12.0. The van der Waals surface area contributed by atoms with E-state index in [0.717, 1.165) is 21.8 Å². The number of nitrogens with one attached hydrogen (secondary N) is 1. The molecule has 2 aromatic heterocycles. The summed E-state index contributed by atoms with van der Waals surface area (Å²) in [6, 6.07) is 10.6. The van der Waals surface area contributed by atoms with Crippen LogP contribution in [0.5, 0.6) is 0 Å². The number of thiazole rings is 1. The highest BCUT2D eigenvalue weighted by atomic mass is 32.1. The van der Waals surface area contributed by atoms with Crippen LogP contribution in [0.3, 0.4) is 0 Å². The van der Waals surface area contributed by atoms with E-state index < -0.39 is 5.97 Å². The molecule has 136 valence electrons. The van der Waals surface area contributed by atoms with Gasteiger partial charge in [0.2, 0.25) is 5.91 Å². The average Bonchev–Trinajstić information content (AvgIpc) is 3.20. The van der Waals surface area contributed by atoms with E-state index in [0.29, 0.717) is 12.1 Å². The van der Waals surface area contributed by atoms with Crippen molar-refractivity contribution in [3.63, 3.8) is 0 Å². The maximum absolute atomic E-state index is 12.0. The van der Waals surface area contributed by atoms with Crippen LogP contribution in [-0.4, -0.2) is 29.0 Å². The normalized spacial score (nSPS) is 10.7. The van der Waals surface area contributed by atoms with Crippen LogP contribution < -0.4 is 5.32 Å². The smallest absolute Gasteiger partial charge is 0.337 e. The number of hydrogen-bond acceptors (Lipinski definition) is 6. The first-order valence-electron chi connectivity index (χ1n) is 8.15. The zero-order valence-electron chi connectivity index (χ0n) is 14.6. The van der Waals surface area contributed by atoms with Gasteiger partial charge >= 0.3 is 5.97 Å². The summed E-state index contributed by atoms with van der Waals surface area (Å²) in [5.41, 5.74) is 3.02. The summed E-state index contributed by atoms with van der Waals surface area (Å²) in [6.45, 7) is 0.348. The molecule has 0 atom stereocenters. The van der Waals surface area contributed by atoms with Crippen LogP contribution in [0.25, 0.3) is 16.6 Å². The van der Waals surface area contributed by atoms with Gasteiger partial charge < -0.3 is 10.1 Å². The molecule has 0 fully saturated rings. The van der Waals surface area contributed by atoms with Crippen LogP contribution in [0.15, 0.2) is 60.2 Å². The first-order chi connectivity index (χ1) is 13.2. The predicted octanol–water partition coefficient (Wildman–Crippen LogP) is 3.32. The van der Waals surface area contributed by atoms with E-state index in [-0.39, 0.29) is 5.91 Å². The number of carbonyl (C=O) groups excluding carboxylic acids is 2. The van der Waals surface area contributed by atoms with Crippen molar-refractivity contribution >= 4 is 29.3 Å². The van der Waals surface area contributed by atoms with Crippen LogP contribution in [0.2, 0.25) is 0 Å². The van der Waals surface area contributed by atoms with Gasteiger partial charge in [0, 0.05) is 29.4 Å². The molecule has 0 saturated carbocycles. The lowest BCUT2D eigenvalue weighted by molar-refractivity contribution is -0.116. The van der Waals surface area contributed by atoms with Crippen LogP contribution >= 0.6 is 11.3 Å². The molecule has 3 aromatic rings. The first kappa shape index (κ1) is 18.5. The Kier molecular flexibility index (Phi) is 6.06. The topological polar surface area (TPSA) is 81.2 Å². The third-order valence-corrected chi connectivity index (χ3v) is 4.60. The van der Waals surface area contributed by atoms with Crippen molar-refractivity contribution < 1.29 is 14.3 Å². The molecule has 0 unspecified atom stereocenters. The molecule has 3 rings (SSSR count). The highest BCUT2D eigenvalue weighted by Gasteiger charge is 2.06. The largest absolute Gasteiger partial charge is 0.465 e. The number of aromatic nitrogens is 2. The van der Waals surface area contributed by atoms with Gasteiger partial charge in [0.05, 0.1) is 24.9 Å². The second-order valence-electron chi connectivity index (χ2n) is 5.55. The minimum Gasteiger partial charge on any atom is -0.465 e. The number of ether oxygens (including phenoxy) is 1. The Labute approximate surface area is 160 Å². The van der Waals surface area contributed by atoms with Gasteiger partial charge in [-0.25, -0.2) is 9.78 Å². The number of nitrogens with zero attached hydrogens (tertiary/aromatic N) is 2. The maximum Gasteiger partial charge on any atom is 0.337 e. The molecule has 0 radical (unpaired) electrons. The van der Waals surface area contributed by atoms with Gasteiger partial charge in [-0.3, -0.25) is 9.78 Å². The van der Waals surface area contributed by atoms with Gasteiger partial charge in [0.1, 0.15) is 5.01 Å². The average molecular weight is 379 g/mol. The molecule has 0 bridgehead atoms. The highest BCUT2D eigenvalue weighted by molar-refractivity contribution is 7.13. The Bertz CT molecular complexity index is 950.